The van der Waals surface area contributed by atoms with E-state index in [1.165, 1.54) is 12.1 Å². The van der Waals surface area contributed by atoms with E-state index >= 15 is 0 Å². The molecule has 1 heterocycles. The average molecular weight is 232 g/mol. The molecule has 0 aliphatic carbocycles. The Kier molecular flexibility index (Phi) is 2.44. The van der Waals surface area contributed by atoms with Gasteiger partial charge in [-0.3, -0.25) is 0 Å². The monoisotopic (exact) mass is 232 g/mol. The minimum Gasteiger partial charge on any atom is -0.504 e. The highest BCUT2D eigenvalue weighted by atomic mass is 16.4. The molecule has 2 N–H and O–H groups in total. The third-order valence-corrected chi connectivity index (χ3v) is 2.34. The van der Waals surface area contributed by atoms with Crippen LogP contribution >= 0.6 is 0 Å². The summed E-state index contributed by atoms with van der Waals surface area (Å²) in [5.74, 6) is -2.17. The predicted octanol–water partition coefficient (Wildman–Crippen LogP) is 1.60. The predicted molar refractivity (Wildman–Crippen MR) is 60.8 cm³/mol. The van der Waals surface area contributed by atoms with Crippen LogP contribution in [0.1, 0.15) is 5.76 Å². The van der Waals surface area contributed by atoms with Crippen LogP contribution in [0.5, 0.6) is 5.75 Å². The van der Waals surface area contributed by atoms with Crippen LogP contribution in [0, 0.1) is 0 Å². The molecule has 17 heavy (non-hydrogen) atoms. The first kappa shape index (κ1) is 10.9. The molecular formula is C12H8O5. The van der Waals surface area contributed by atoms with E-state index in [1.54, 1.807) is 12.1 Å². The van der Waals surface area contributed by atoms with E-state index in [0.717, 1.165) is 0 Å². The van der Waals surface area contributed by atoms with Crippen LogP contribution in [0.25, 0.3) is 16.3 Å². The van der Waals surface area contributed by atoms with E-state index in [0.29, 0.717) is 0 Å². The van der Waals surface area contributed by atoms with Crippen LogP contribution in [0.2, 0.25) is 0 Å². The summed E-state index contributed by atoms with van der Waals surface area (Å²) < 4.78 is 4.76. The highest BCUT2D eigenvalue weighted by Crippen LogP contribution is 2.30. The number of hydrogen-bond donors (Lipinski definition) is 2. The molecular weight excluding hydrogens is 224 g/mol. The maximum absolute atomic E-state index is 11.6. The van der Waals surface area contributed by atoms with Gasteiger partial charge in [-0.2, -0.15) is 0 Å². The van der Waals surface area contributed by atoms with Crippen LogP contribution in [0.3, 0.4) is 0 Å². The Bertz CT molecular complexity index is 681. The summed E-state index contributed by atoms with van der Waals surface area (Å²) in [6.45, 7) is 3.24. The zero-order chi connectivity index (χ0) is 12.6. The van der Waals surface area contributed by atoms with Gasteiger partial charge >= 0.3 is 11.6 Å². The number of carboxylic acids is 1. The molecule has 0 amide bonds. The smallest absolute Gasteiger partial charge is 0.344 e. The average Bonchev–Trinajstić information content (AvgIpc) is 2.33. The van der Waals surface area contributed by atoms with Crippen LogP contribution in [-0.4, -0.2) is 16.2 Å². The van der Waals surface area contributed by atoms with E-state index in [-0.39, 0.29) is 10.8 Å². The van der Waals surface area contributed by atoms with E-state index in [9.17, 15) is 14.7 Å². The van der Waals surface area contributed by atoms with E-state index in [2.05, 4.69) is 6.58 Å². The molecule has 0 radical (unpaired) electrons. The van der Waals surface area contributed by atoms with Gasteiger partial charge in [-0.1, -0.05) is 24.8 Å². The van der Waals surface area contributed by atoms with Crippen molar-refractivity contribution < 1.29 is 19.4 Å². The van der Waals surface area contributed by atoms with Crippen LogP contribution in [0.4, 0.5) is 0 Å². The molecule has 0 aliphatic rings. The van der Waals surface area contributed by atoms with E-state index < -0.39 is 28.7 Å². The molecule has 0 saturated heterocycles. The Hall–Kier alpha value is -2.56. The van der Waals surface area contributed by atoms with Crippen molar-refractivity contribution in [2.24, 2.45) is 0 Å². The standard InChI is InChI=1S/C12H8O5/c1-6(11(14)15)10-9(13)7-4-2-3-5-8(7)12(16)17-10/h2-5,13H,1H2,(H,14,15). The molecule has 1 aromatic heterocycles. The number of carbonyl (C=O) groups is 1. The lowest BCUT2D eigenvalue weighted by molar-refractivity contribution is -0.130. The van der Waals surface area contributed by atoms with Crippen molar-refractivity contribution in [2.45, 2.75) is 0 Å². The molecule has 0 saturated carbocycles. The van der Waals surface area contributed by atoms with Gasteiger partial charge < -0.3 is 14.6 Å². The fourth-order valence-electron chi connectivity index (χ4n) is 1.49. The third-order valence-electron chi connectivity index (χ3n) is 2.34. The Morgan fingerprint density at radius 3 is 2.41 bits per heavy atom. The summed E-state index contributed by atoms with van der Waals surface area (Å²) in [5.41, 5.74) is -1.18. The summed E-state index contributed by atoms with van der Waals surface area (Å²) in [5, 5.41) is 19.0. The van der Waals surface area contributed by atoms with Crippen molar-refractivity contribution in [1.82, 2.24) is 0 Å². The maximum Gasteiger partial charge on any atom is 0.344 e. The molecule has 5 heteroatoms. The van der Waals surface area contributed by atoms with Gasteiger partial charge in [-0.05, 0) is 6.07 Å². The molecule has 0 unspecified atom stereocenters. The van der Waals surface area contributed by atoms with Crippen molar-refractivity contribution in [1.29, 1.82) is 0 Å². The Morgan fingerprint density at radius 1 is 1.24 bits per heavy atom. The fourth-order valence-corrected chi connectivity index (χ4v) is 1.49. The van der Waals surface area contributed by atoms with Gasteiger partial charge in [0.15, 0.2) is 11.5 Å². The fraction of sp³-hybridized carbons (Fsp3) is 0. The van der Waals surface area contributed by atoms with Crippen molar-refractivity contribution in [2.75, 3.05) is 0 Å². The second kappa shape index (κ2) is 3.79. The van der Waals surface area contributed by atoms with Crippen LogP contribution in [-0.2, 0) is 4.79 Å². The Balaban J connectivity index is 2.85. The first-order valence-corrected chi connectivity index (χ1v) is 4.69. The van der Waals surface area contributed by atoms with Crippen molar-refractivity contribution in [3.05, 3.63) is 47.0 Å². The molecule has 86 valence electrons. The first-order chi connectivity index (χ1) is 8.02. The second-order valence-corrected chi connectivity index (χ2v) is 3.40. The highest BCUT2D eigenvalue weighted by Gasteiger charge is 2.19. The lowest BCUT2D eigenvalue weighted by Crippen LogP contribution is -2.06. The van der Waals surface area contributed by atoms with Gasteiger partial charge in [0.05, 0.1) is 11.0 Å². The first-order valence-electron chi connectivity index (χ1n) is 4.69. The SMILES string of the molecule is C=C(C(=O)O)c1oc(=O)c2ccccc2c1O. The number of carboxylic acid groups (broad SMARTS) is 1. The molecule has 2 aromatic rings. The highest BCUT2D eigenvalue weighted by molar-refractivity contribution is 6.15. The summed E-state index contributed by atoms with van der Waals surface area (Å²) in [7, 11) is 0. The number of aliphatic carboxylic acids is 1. The minimum atomic E-state index is -1.36. The Morgan fingerprint density at radius 2 is 1.82 bits per heavy atom. The molecule has 5 nitrogen and oxygen atoms in total. The number of rotatable bonds is 2. The van der Waals surface area contributed by atoms with Crippen LogP contribution < -0.4 is 5.63 Å². The number of aromatic hydroxyl groups is 1. The zero-order valence-electron chi connectivity index (χ0n) is 8.64. The summed E-state index contributed by atoms with van der Waals surface area (Å²) in [4.78, 5) is 22.3. The zero-order valence-corrected chi connectivity index (χ0v) is 8.64. The number of benzene rings is 1. The molecule has 1 aromatic carbocycles. The van der Waals surface area contributed by atoms with Gasteiger partial charge in [0.25, 0.3) is 0 Å². The largest absolute Gasteiger partial charge is 0.504 e. The molecule has 0 atom stereocenters. The summed E-state index contributed by atoms with van der Waals surface area (Å²) >= 11 is 0. The molecule has 2 rings (SSSR count). The normalized spacial score (nSPS) is 10.4. The number of fused-ring (bicyclic) bond motifs is 1. The van der Waals surface area contributed by atoms with Crippen LogP contribution in [0.15, 0.2) is 40.1 Å². The molecule has 0 spiro atoms. The second-order valence-electron chi connectivity index (χ2n) is 3.40. The van der Waals surface area contributed by atoms with Gasteiger partial charge in [0, 0.05) is 5.39 Å². The summed E-state index contributed by atoms with van der Waals surface area (Å²) in [6.07, 6.45) is 0. The molecule has 0 fully saturated rings. The van der Waals surface area contributed by atoms with E-state index in [1.807, 2.05) is 0 Å². The minimum absolute atomic E-state index is 0.187. The molecule has 0 bridgehead atoms. The quantitative estimate of drug-likeness (QED) is 0.768. The molecule has 0 aliphatic heterocycles. The Labute approximate surface area is 95.2 Å². The topological polar surface area (TPSA) is 87.7 Å². The third kappa shape index (κ3) is 1.67. The van der Waals surface area contributed by atoms with Crippen molar-refractivity contribution in [3.63, 3.8) is 0 Å². The lowest BCUT2D eigenvalue weighted by atomic mass is 10.1. The van der Waals surface area contributed by atoms with E-state index in [4.69, 9.17) is 9.52 Å². The van der Waals surface area contributed by atoms with Gasteiger partial charge in [0.1, 0.15) is 0 Å². The number of hydrogen-bond acceptors (Lipinski definition) is 4. The summed E-state index contributed by atoms with van der Waals surface area (Å²) in [6, 6.07) is 6.22. The van der Waals surface area contributed by atoms with Crippen molar-refractivity contribution in [3.8, 4) is 5.75 Å². The van der Waals surface area contributed by atoms with Gasteiger partial charge in [-0.15, -0.1) is 0 Å². The van der Waals surface area contributed by atoms with Crippen molar-refractivity contribution >= 4 is 22.3 Å². The van der Waals surface area contributed by atoms with Gasteiger partial charge in [0.2, 0.25) is 0 Å². The maximum atomic E-state index is 11.6. The lowest BCUT2D eigenvalue weighted by Gasteiger charge is -2.05. The van der Waals surface area contributed by atoms with Gasteiger partial charge in [-0.25, -0.2) is 9.59 Å².